The van der Waals surface area contributed by atoms with E-state index in [1.165, 1.54) is 0 Å². The second kappa shape index (κ2) is 5.48. The SMILES string of the molecule is Nc1cc(CC(=O)C2(O)CCCCCC2)ccn1. The average Bonchev–Trinajstić information content (AvgIpc) is 2.55. The van der Waals surface area contributed by atoms with Gasteiger partial charge in [0.1, 0.15) is 11.4 Å². The first-order chi connectivity index (χ1) is 8.60. The van der Waals surface area contributed by atoms with Crippen molar-refractivity contribution in [1.82, 2.24) is 4.98 Å². The van der Waals surface area contributed by atoms with Gasteiger partial charge in [0, 0.05) is 12.6 Å². The van der Waals surface area contributed by atoms with Crippen molar-refractivity contribution >= 4 is 11.6 Å². The van der Waals surface area contributed by atoms with Crippen molar-refractivity contribution in [3.8, 4) is 0 Å². The molecule has 1 aliphatic carbocycles. The van der Waals surface area contributed by atoms with Crippen LogP contribution in [0, 0.1) is 0 Å². The average molecular weight is 248 g/mol. The maximum Gasteiger partial charge on any atom is 0.168 e. The van der Waals surface area contributed by atoms with Crippen molar-refractivity contribution in [2.45, 2.75) is 50.5 Å². The second-order valence-electron chi connectivity index (χ2n) is 5.13. The molecule has 1 fully saturated rings. The minimum atomic E-state index is -1.13. The molecule has 0 radical (unpaired) electrons. The summed E-state index contributed by atoms with van der Waals surface area (Å²) in [6.07, 6.45) is 7.09. The molecule has 0 aromatic carbocycles. The van der Waals surface area contributed by atoms with Crippen LogP contribution < -0.4 is 5.73 Å². The van der Waals surface area contributed by atoms with Gasteiger partial charge in [-0.3, -0.25) is 4.79 Å². The van der Waals surface area contributed by atoms with E-state index in [0.29, 0.717) is 18.7 Å². The third-order valence-corrected chi connectivity index (χ3v) is 3.66. The van der Waals surface area contributed by atoms with Crippen molar-refractivity contribution < 1.29 is 9.90 Å². The number of ketones is 1. The number of aromatic nitrogens is 1. The predicted molar refractivity (Wildman–Crippen MR) is 70.0 cm³/mol. The molecule has 98 valence electrons. The van der Waals surface area contributed by atoms with Crippen molar-refractivity contribution in [3.05, 3.63) is 23.9 Å². The van der Waals surface area contributed by atoms with Gasteiger partial charge in [0.15, 0.2) is 5.78 Å². The van der Waals surface area contributed by atoms with E-state index in [-0.39, 0.29) is 12.2 Å². The Morgan fingerprint density at radius 1 is 1.33 bits per heavy atom. The highest BCUT2D eigenvalue weighted by molar-refractivity contribution is 5.89. The summed E-state index contributed by atoms with van der Waals surface area (Å²) >= 11 is 0. The van der Waals surface area contributed by atoms with E-state index in [4.69, 9.17) is 5.73 Å². The molecular formula is C14H20N2O2. The van der Waals surface area contributed by atoms with Gasteiger partial charge in [0.05, 0.1) is 0 Å². The fraction of sp³-hybridized carbons (Fsp3) is 0.571. The Labute approximate surface area is 107 Å². The maximum absolute atomic E-state index is 12.2. The Bertz CT molecular complexity index is 424. The number of nitrogens with two attached hydrogens (primary N) is 1. The predicted octanol–water partition coefficient (Wildman–Crippen LogP) is 1.86. The fourth-order valence-electron chi connectivity index (χ4n) is 2.55. The third kappa shape index (κ3) is 3.07. The summed E-state index contributed by atoms with van der Waals surface area (Å²) in [6, 6.07) is 3.46. The molecule has 1 heterocycles. The Hall–Kier alpha value is -1.42. The number of carbonyl (C=O) groups is 1. The highest BCUT2D eigenvalue weighted by Gasteiger charge is 2.35. The zero-order chi connectivity index (χ0) is 13.0. The minimum absolute atomic E-state index is 0.0880. The largest absolute Gasteiger partial charge is 0.384 e. The molecule has 0 amide bonds. The van der Waals surface area contributed by atoms with Crippen LogP contribution in [0.5, 0.6) is 0 Å². The van der Waals surface area contributed by atoms with Crippen LogP contribution in [-0.2, 0) is 11.2 Å². The Kier molecular flexibility index (Phi) is 3.97. The van der Waals surface area contributed by atoms with E-state index in [9.17, 15) is 9.90 Å². The fourth-order valence-corrected chi connectivity index (χ4v) is 2.55. The Morgan fingerprint density at radius 3 is 2.61 bits per heavy atom. The van der Waals surface area contributed by atoms with Crippen LogP contribution in [-0.4, -0.2) is 21.5 Å². The standard InChI is InChI=1S/C14H20N2O2/c15-13-10-11(5-8-16-13)9-12(17)14(18)6-3-1-2-4-7-14/h5,8,10,18H,1-4,6-7,9H2,(H2,15,16). The number of aliphatic hydroxyl groups is 1. The van der Waals surface area contributed by atoms with Crippen molar-refractivity contribution in [3.63, 3.8) is 0 Å². The molecule has 3 N–H and O–H groups in total. The molecule has 0 atom stereocenters. The molecule has 4 heteroatoms. The van der Waals surface area contributed by atoms with Gasteiger partial charge in [-0.15, -0.1) is 0 Å². The number of Topliss-reactive ketones (excluding diaryl/α,β-unsaturated/α-hetero) is 1. The molecule has 1 saturated carbocycles. The summed E-state index contributed by atoms with van der Waals surface area (Å²) in [5.74, 6) is 0.322. The smallest absolute Gasteiger partial charge is 0.168 e. The number of hydrogen-bond acceptors (Lipinski definition) is 4. The number of nitrogens with zero attached hydrogens (tertiary/aromatic N) is 1. The van der Waals surface area contributed by atoms with E-state index in [2.05, 4.69) is 4.98 Å². The van der Waals surface area contributed by atoms with Crippen molar-refractivity contribution in [2.24, 2.45) is 0 Å². The summed E-state index contributed by atoms with van der Waals surface area (Å²) in [7, 11) is 0. The number of nitrogen functional groups attached to an aromatic ring is 1. The van der Waals surface area contributed by atoms with Crippen molar-refractivity contribution in [1.29, 1.82) is 0 Å². The summed E-state index contributed by atoms with van der Waals surface area (Å²) in [4.78, 5) is 16.1. The summed E-state index contributed by atoms with van der Waals surface area (Å²) < 4.78 is 0. The van der Waals surface area contributed by atoms with Gasteiger partial charge in [0.25, 0.3) is 0 Å². The molecule has 4 nitrogen and oxygen atoms in total. The van der Waals surface area contributed by atoms with Crippen molar-refractivity contribution in [2.75, 3.05) is 5.73 Å². The minimum Gasteiger partial charge on any atom is -0.384 e. The molecule has 1 aliphatic rings. The normalized spacial score (nSPS) is 19.2. The van der Waals surface area contributed by atoms with Gasteiger partial charge in [-0.25, -0.2) is 4.98 Å². The molecule has 1 aromatic rings. The molecule has 0 unspecified atom stereocenters. The molecule has 2 rings (SSSR count). The highest BCUT2D eigenvalue weighted by atomic mass is 16.3. The quantitative estimate of drug-likeness (QED) is 0.800. The van der Waals surface area contributed by atoms with Gasteiger partial charge in [-0.05, 0) is 30.5 Å². The van der Waals surface area contributed by atoms with E-state index in [1.54, 1.807) is 18.3 Å². The first kappa shape index (κ1) is 13.0. The number of carbonyl (C=O) groups excluding carboxylic acids is 1. The van der Waals surface area contributed by atoms with Crippen LogP contribution in [0.2, 0.25) is 0 Å². The van der Waals surface area contributed by atoms with Gasteiger partial charge < -0.3 is 10.8 Å². The van der Waals surface area contributed by atoms with E-state index < -0.39 is 5.60 Å². The zero-order valence-electron chi connectivity index (χ0n) is 10.6. The lowest BCUT2D eigenvalue weighted by Gasteiger charge is -2.24. The maximum atomic E-state index is 12.2. The molecular weight excluding hydrogens is 228 g/mol. The lowest BCUT2D eigenvalue weighted by atomic mass is 9.87. The van der Waals surface area contributed by atoms with Crippen LogP contribution in [0.4, 0.5) is 5.82 Å². The van der Waals surface area contributed by atoms with Crippen LogP contribution in [0.3, 0.4) is 0 Å². The molecule has 0 bridgehead atoms. The summed E-state index contributed by atoms with van der Waals surface area (Å²) in [5.41, 5.74) is 5.28. The summed E-state index contributed by atoms with van der Waals surface area (Å²) in [5, 5.41) is 10.5. The number of anilines is 1. The van der Waals surface area contributed by atoms with Crippen LogP contribution in [0.25, 0.3) is 0 Å². The lowest BCUT2D eigenvalue weighted by Crippen LogP contribution is -2.39. The van der Waals surface area contributed by atoms with Gasteiger partial charge in [-0.2, -0.15) is 0 Å². The molecule has 0 aliphatic heterocycles. The second-order valence-corrected chi connectivity index (χ2v) is 5.13. The van der Waals surface area contributed by atoms with E-state index >= 15 is 0 Å². The number of rotatable bonds is 3. The first-order valence-electron chi connectivity index (χ1n) is 6.56. The molecule has 0 saturated heterocycles. The topological polar surface area (TPSA) is 76.2 Å². The highest BCUT2D eigenvalue weighted by Crippen LogP contribution is 2.28. The molecule has 1 aromatic heterocycles. The van der Waals surface area contributed by atoms with E-state index in [1.807, 2.05) is 0 Å². The first-order valence-corrected chi connectivity index (χ1v) is 6.56. The Morgan fingerprint density at radius 2 is 2.00 bits per heavy atom. The Balaban J connectivity index is 2.06. The van der Waals surface area contributed by atoms with Gasteiger partial charge in [-0.1, -0.05) is 25.7 Å². The molecule has 18 heavy (non-hydrogen) atoms. The molecule has 0 spiro atoms. The third-order valence-electron chi connectivity index (χ3n) is 3.66. The monoisotopic (exact) mass is 248 g/mol. The van der Waals surface area contributed by atoms with Gasteiger partial charge >= 0.3 is 0 Å². The van der Waals surface area contributed by atoms with Crippen LogP contribution in [0.1, 0.15) is 44.1 Å². The van der Waals surface area contributed by atoms with E-state index in [0.717, 1.165) is 31.2 Å². The zero-order valence-corrected chi connectivity index (χ0v) is 10.6. The number of hydrogen-bond donors (Lipinski definition) is 2. The van der Waals surface area contributed by atoms with Crippen LogP contribution >= 0.6 is 0 Å². The summed E-state index contributed by atoms with van der Waals surface area (Å²) in [6.45, 7) is 0. The number of pyridine rings is 1. The lowest BCUT2D eigenvalue weighted by molar-refractivity contribution is -0.138. The van der Waals surface area contributed by atoms with Gasteiger partial charge in [0.2, 0.25) is 0 Å². The van der Waals surface area contributed by atoms with Crippen LogP contribution in [0.15, 0.2) is 18.3 Å².